The van der Waals surface area contributed by atoms with Gasteiger partial charge in [-0.2, -0.15) is 0 Å². The van der Waals surface area contributed by atoms with Gasteiger partial charge >= 0.3 is 0 Å². The van der Waals surface area contributed by atoms with E-state index in [1.165, 1.54) is 26.2 Å². The largest absolute Gasteiger partial charge is 0.496 e. The molecule has 1 atom stereocenters. The SMILES string of the molecule is COc1ccc(C(C)=O)cc1CC(=O)N[C@H](c1ccc(F)cc1)c1nccn1C. The molecule has 3 aromatic rings. The fraction of sp³-hybridized carbons (Fsp3) is 0.227. The number of nitrogens with one attached hydrogen (secondary N) is 1. The highest BCUT2D eigenvalue weighted by molar-refractivity contribution is 5.94. The monoisotopic (exact) mass is 395 g/mol. The minimum Gasteiger partial charge on any atom is -0.496 e. The molecule has 3 rings (SSSR count). The van der Waals surface area contributed by atoms with E-state index in [0.29, 0.717) is 28.3 Å². The zero-order chi connectivity index (χ0) is 21.0. The van der Waals surface area contributed by atoms with Crippen molar-refractivity contribution in [2.24, 2.45) is 7.05 Å². The summed E-state index contributed by atoms with van der Waals surface area (Å²) < 4.78 is 20.5. The summed E-state index contributed by atoms with van der Waals surface area (Å²) in [6, 6.07) is 10.4. The number of hydrogen-bond acceptors (Lipinski definition) is 4. The van der Waals surface area contributed by atoms with Crippen LogP contribution in [0.4, 0.5) is 4.39 Å². The number of aryl methyl sites for hydroxylation is 1. The highest BCUT2D eigenvalue weighted by Crippen LogP contribution is 2.23. The normalized spacial score (nSPS) is 11.7. The summed E-state index contributed by atoms with van der Waals surface area (Å²) in [6.45, 7) is 1.47. The van der Waals surface area contributed by atoms with E-state index in [9.17, 15) is 14.0 Å². The summed E-state index contributed by atoms with van der Waals surface area (Å²) >= 11 is 0. The molecule has 0 aliphatic rings. The first-order valence-electron chi connectivity index (χ1n) is 9.09. The Morgan fingerprint density at radius 1 is 1.21 bits per heavy atom. The topological polar surface area (TPSA) is 73.2 Å². The lowest BCUT2D eigenvalue weighted by Crippen LogP contribution is -2.32. The van der Waals surface area contributed by atoms with Gasteiger partial charge in [-0.15, -0.1) is 0 Å². The minimum absolute atomic E-state index is 0.0202. The molecule has 7 heteroatoms. The molecule has 1 heterocycles. The molecule has 1 aromatic heterocycles. The van der Waals surface area contributed by atoms with Crippen molar-refractivity contribution in [3.63, 3.8) is 0 Å². The Hall–Kier alpha value is -3.48. The molecule has 150 valence electrons. The fourth-order valence-corrected chi connectivity index (χ4v) is 3.13. The Morgan fingerprint density at radius 3 is 2.52 bits per heavy atom. The van der Waals surface area contributed by atoms with Gasteiger partial charge in [0.15, 0.2) is 5.78 Å². The minimum atomic E-state index is -0.551. The van der Waals surface area contributed by atoms with Crippen LogP contribution in [0.2, 0.25) is 0 Å². The Morgan fingerprint density at radius 2 is 1.93 bits per heavy atom. The highest BCUT2D eigenvalue weighted by atomic mass is 19.1. The highest BCUT2D eigenvalue weighted by Gasteiger charge is 2.22. The van der Waals surface area contributed by atoms with Gasteiger partial charge in [-0.05, 0) is 42.8 Å². The molecule has 0 saturated carbocycles. The molecule has 0 saturated heterocycles. The number of carbonyl (C=O) groups excluding carboxylic acids is 2. The maximum Gasteiger partial charge on any atom is 0.225 e. The van der Waals surface area contributed by atoms with E-state index in [-0.39, 0.29) is 23.9 Å². The number of ketones is 1. The summed E-state index contributed by atoms with van der Waals surface area (Å²) in [5, 5.41) is 2.96. The summed E-state index contributed by atoms with van der Waals surface area (Å²) in [4.78, 5) is 28.9. The van der Waals surface area contributed by atoms with Gasteiger partial charge in [-0.25, -0.2) is 9.37 Å². The quantitative estimate of drug-likeness (QED) is 0.624. The molecule has 0 spiro atoms. The number of imidazole rings is 1. The van der Waals surface area contributed by atoms with Gasteiger partial charge in [0, 0.05) is 30.6 Å². The third-order valence-electron chi connectivity index (χ3n) is 4.66. The Kier molecular flexibility index (Phi) is 6.07. The van der Waals surface area contributed by atoms with Crippen LogP contribution in [-0.2, 0) is 18.3 Å². The second-order valence-corrected chi connectivity index (χ2v) is 6.71. The van der Waals surface area contributed by atoms with Crippen molar-refractivity contribution in [1.29, 1.82) is 0 Å². The van der Waals surface area contributed by atoms with Crippen LogP contribution in [0.3, 0.4) is 0 Å². The standard InChI is InChI=1S/C22H22FN3O3/c1-14(27)16-6-9-19(29-3)17(12-16)13-20(28)25-21(22-24-10-11-26(22)2)15-4-7-18(23)8-5-15/h4-12,21H,13H2,1-3H3,(H,25,28)/t21-/m1/s1. The van der Waals surface area contributed by atoms with E-state index in [0.717, 1.165) is 0 Å². The van der Waals surface area contributed by atoms with Gasteiger partial charge < -0.3 is 14.6 Å². The van der Waals surface area contributed by atoms with Crippen LogP contribution < -0.4 is 10.1 Å². The Balaban J connectivity index is 1.88. The van der Waals surface area contributed by atoms with Gasteiger partial charge in [0.25, 0.3) is 0 Å². The van der Waals surface area contributed by atoms with E-state index >= 15 is 0 Å². The van der Waals surface area contributed by atoms with Crippen molar-refractivity contribution in [1.82, 2.24) is 14.9 Å². The lowest BCUT2D eigenvalue weighted by Gasteiger charge is -2.20. The molecule has 1 amide bonds. The van der Waals surface area contributed by atoms with Crippen LogP contribution in [0.5, 0.6) is 5.75 Å². The third kappa shape index (κ3) is 4.68. The number of Topliss-reactive ketones (excluding diaryl/α,β-unsaturated/α-hetero) is 1. The number of nitrogens with zero attached hydrogens (tertiary/aromatic N) is 2. The first-order valence-corrected chi connectivity index (χ1v) is 9.09. The number of hydrogen-bond donors (Lipinski definition) is 1. The number of methoxy groups -OCH3 is 1. The molecule has 0 aliphatic carbocycles. The number of aromatic nitrogens is 2. The summed E-state index contributed by atoms with van der Waals surface area (Å²) in [5.74, 6) is 0.423. The van der Waals surface area contributed by atoms with E-state index in [1.54, 1.807) is 47.3 Å². The van der Waals surface area contributed by atoms with E-state index in [2.05, 4.69) is 10.3 Å². The van der Waals surface area contributed by atoms with E-state index in [1.807, 2.05) is 7.05 Å². The van der Waals surface area contributed by atoms with Gasteiger partial charge in [-0.3, -0.25) is 9.59 Å². The molecule has 0 radical (unpaired) electrons. The fourth-order valence-electron chi connectivity index (χ4n) is 3.13. The number of ether oxygens (including phenoxy) is 1. The van der Waals surface area contributed by atoms with Crippen molar-refractivity contribution in [2.45, 2.75) is 19.4 Å². The molecule has 0 aliphatic heterocycles. The van der Waals surface area contributed by atoms with Crippen LogP contribution >= 0.6 is 0 Å². The van der Waals surface area contributed by atoms with E-state index < -0.39 is 6.04 Å². The van der Waals surface area contributed by atoms with Crippen molar-refractivity contribution in [2.75, 3.05) is 7.11 Å². The number of amides is 1. The number of rotatable bonds is 7. The maximum atomic E-state index is 13.4. The third-order valence-corrected chi connectivity index (χ3v) is 4.66. The number of carbonyl (C=O) groups is 2. The molecule has 0 bridgehead atoms. The smallest absolute Gasteiger partial charge is 0.225 e. The van der Waals surface area contributed by atoms with E-state index in [4.69, 9.17) is 4.74 Å². The van der Waals surface area contributed by atoms with Gasteiger partial charge in [0.1, 0.15) is 23.4 Å². The average molecular weight is 395 g/mol. The lowest BCUT2D eigenvalue weighted by atomic mass is 10.0. The summed E-state index contributed by atoms with van der Waals surface area (Å²) in [6.07, 6.45) is 3.43. The zero-order valence-corrected chi connectivity index (χ0v) is 16.5. The summed E-state index contributed by atoms with van der Waals surface area (Å²) in [5.41, 5.74) is 1.82. The first-order chi connectivity index (χ1) is 13.9. The second kappa shape index (κ2) is 8.68. The molecule has 0 unspecified atom stereocenters. The van der Waals surface area contributed by atoms with Crippen LogP contribution in [0.25, 0.3) is 0 Å². The van der Waals surface area contributed by atoms with Crippen molar-refractivity contribution in [3.05, 3.63) is 83.2 Å². The number of halogens is 1. The van der Waals surface area contributed by atoms with Crippen LogP contribution in [0.1, 0.15) is 40.3 Å². The van der Waals surface area contributed by atoms with Crippen molar-refractivity contribution < 1.29 is 18.7 Å². The van der Waals surface area contributed by atoms with Crippen LogP contribution in [0.15, 0.2) is 54.9 Å². The summed E-state index contributed by atoms with van der Waals surface area (Å²) in [7, 11) is 3.34. The predicted molar refractivity (Wildman–Crippen MR) is 106 cm³/mol. The molecular weight excluding hydrogens is 373 g/mol. The lowest BCUT2D eigenvalue weighted by molar-refractivity contribution is -0.121. The van der Waals surface area contributed by atoms with Gasteiger partial charge in [-0.1, -0.05) is 12.1 Å². The van der Waals surface area contributed by atoms with Crippen molar-refractivity contribution in [3.8, 4) is 5.75 Å². The Labute approximate surface area is 168 Å². The molecule has 2 aromatic carbocycles. The van der Waals surface area contributed by atoms with Crippen LogP contribution in [0, 0.1) is 5.82 Å². The van der Waals surface area contributed by atoms with Crippen molar-refractivity contribution >= 4 is 11.7 Å². The zero-order valence-electron chi connectivity index (χ0n) is 16.5. The van der Waals surface area contributed by atoms with Gasteiger partial charge in [0.05, 0.1) is 13.5 Å². The van der Waals surface area contributed by atoms with Crippen LogP contribution in [-0.4, -0.2) is 28.4 Å². The number of benzene rings is 2. The molecule has 0 fully saturated rings. The molecule has 6 nitrogen and oxygen atoms in total. The molecular formula is C22H22FN3O3. The first kappa shape index (κ1) is 20.3. The Bertz CT molecular complexity index is 1030. The van der Waals surface area contributed by atoms with Gasteiger partial charge in [0.2, 0.25) is 5.91 Å². The maximum absolute atomic E-state index is 13.4. The molecule has 1 N–H and O–H groups in total. The predicted octanol–water partition coefficient (Wildman–Crippen LogP) is 3.22. The molecule has 29 heavy (non-hydrogen) atoms. The average Bonchev–Trinajstić information content (AvgIpc) is 3.12. The second-order valence-electron chi connectivity index (χ2n) is 6.71.